The van der Waals surface area contributed by atoms with E-state index in [-0.39, 0.29) is 5.91 Å². The summed E-state index contributed by atoms with van der Waals surface area (Å²) in [5, 5.41) is 14.7. The van der Waals surface area contributed by atoms with Crippen molar-refractivity contribution in [3.8, 4) is 6.07 Å². The van der Waals surface area contributed by atoms with E-state index in [1.807, 2.05) is 0 Å². The second kappa shape index (κ2) is 9.15. The fourth-order valence-corrected chi connectivity index (χ4v) is 2.52. The first kappa shape index (κ1) is 19.6. The summed E-state index contributed by atoms with van der Waals surface area (Å²) in [7, 11) is 0. The Morgan fingerprint density at radius 1 is 1.00 bits per heavy atom. The van der Waals surface area contributed by atoms with Crippen molar-refractivity contribution in [3.63, 3.8) is 0 Å². The van der Waals surface area contributed by atoms with E-state index in [1.54, 1.807) is 67.6 Å². The third-order valence-electron chi connectivity index (χ3n) is 3.96. The highest BCUT2D eigenvalue weighted by Crippen LogP contribution is 2.17. The van der Waals surface area contributed by atoms with Gasteiger partial charge in [-0.3, -0.25) is 4.79 Å². The minimum Gasteiger partial charge on any atom is -0.462 e. The second-order valence-corrected chi connectivity index (χ2v) is 6.00. The number of aromatic nitrogens is 1. The predicted molar refractivity (Wildman–Crippen MR) is 109 cm³/mol. The van der Waals surface area contributed by atoms with Crippen LogP contribution in [0.5, 0.6) is 0 Å². The Labute approximate surface area is 168 Å². The molecule has 0 unspecified atom stereocenters. The van der Waals surface area contributed by atoms with Gasteiger partial charge in [-0.15, -0.1) is 0 Å². The van der Waals surface area contributed by atoms with Crippen LogP contribution in [-0.2, 0) is 4.74 Å². The smallest absolute Gasteiger partial charge is 0.338 e. The molecule has 0 fully saturated rings. The summed E-state index contributed by atoms with van der Waals surface area (Å²) in [6.07, 6.45) is 1.53. The minimum atomic E-state index is -0.405. The Hall–Kier alpha value is -4.18. The first-order valence-electron chi connectivity index (χ1n) is 8.91. The first-order valence-corrected chi connectivity index (χ1v) is 8.91. The maximum absolute atomic E-state index is 12.5. The van der Waals surface area contributed by atoms with Crippen LogP contribution in [0.3, 0.4) is 0 Å². The van der Waals surface area contributed by atoms with Crippen molar-refractivity contribution in [1.29, 1.82) is 5.26 Å². The predicted octanol–water partition coefficient (Wildman–Crippen LogP) is 4.13. The van der Waals surface area contributed by atoms with Crippen molar-refractivity contribution >= 4 is 29.1 Å². The van der Waals surface area contributed by atoms with Crippen LogP contribution >= 0.6 is 0 Å². The van der Waals surface area contributed by atoms with Crippen molar-refractivity contribution in [3.05, 3.63) is 83.6 Å². The summed E-state index contributed by atoms with van der Waals surface area (Å²) in [6.45, 7) is 2.05. The molecule has 1 aromatic heterocycles. The largest absolute Gasteiger partial charge is 0.462 e. The molecule has 0 spiro atoms. The van der Waals surface area contributed by atoms with Crippen molar-refractivity contribution in [2.24, 2.45) is 0 Å². The van der Waals surface area contributed by atoms with Gasteiger partial charge in [-0.25, -0.2) is 9.78 Å². The van der Waals surface area contributed by atoms with Gasteiger partial charge in [0.1, 0.15) is 5.82 Å². The number of amides is 1. The number of carbonyl (C=O) groups excluding carboxylic acids is 2. The summed E-state index contributed by atoms with van der Waals surface area (Å²) < 4.78 is 4.94. The quantitative estimate of drug-likeness (QED) is 0.618. The van der Waals surface area contributed by atoms with Gasteiger partial charge in [-0.1, -0.05) is 0 Å². The van der Waals surface area contributed by atoms with Crippen LogP contribution in [0.1, 0.15) is 33.2 Å². The number of nitrogens with one attached hydrogen (secondary N) is 2. The number of hydrogen-bond donors (Lipinski definition) is 2. The number of hydrogen-bond acceptors (Lipinski definition) is 6. The van der Waals surface area contributed by atoms with E-state index in [1.165, 1.54) is 6.20 Å². The van der Waals surface area contributed by atoms with Gasteiger partial charge in [0.25, 0.3) is 5.91 Å². The molecule has 0 aliphatic carbocycles. The maximum atomic E-state index is 12.5. The van der Waals surface area contributed by atoms with Gasteiger partial charge in [-0.2, -0.15) is 5.26 Å². The highest BCUT2D eigenvalue weighted by Gasteiger charge is 2.10. The van der Waals surface area contributed by atoms with Crippen molar-refractivity contribution < 1.29 is 14.3 Å². The third-order valence-corrected chi connectivity index (χ3v) is 3.96. The fourth-order valence-electron chi connectivity index (χ4n) is 2.52. The number of pyridine rings is 1. The Balaban J connectivity index is 1.67. The van der Waals surface area contributed by atoms with Crippen LogP contribution in [-0.4, -0.2) is 23.5 Å². The van der Waals surface area contributed by atoms with E-state index in [0.29, 0.717) is 34.8 Å². The van der Waals surface area contributed by atoms with Crippen LogP contribution in [0, 0.1) is 11.3 Å². The number of anilines is 3. The van der Waals surface area contributed by atoms with Crippen molar-refractivity contribution in [2.75, 3.05) is 17.2 Å². The van der Waals surface area contributed by atoms with E-state index in [9.17, 15) is 9.59 Å². The van der Waals surface area contributed by atoms with Gasteiger partial charge in [-0.05, 0) is 67.6 Å². The number of nitriles is 1. The zero-order chi connectivity index (χ0) is 20.6. The van der Waals surface area contributed by atoms with Crippen molar-refractivity contribution in [1.82, 2.24) is 4.98 Å². The average Bonchev–Trinajstić information content (AvgIpc) is 2.75. The van der Waals surface area contributed by atoms with E-state index in [2.05, 4.69) is 21.7 Å². The molecule has 2 N–H and O–H groups in total. The van der Waals surface area contributed by atoms with Crippen molar-refractivity contribution in [2.45, 2.75) is 6.92 Å². The topological polar surface area (TPSA) is 104 Å². The average molecular weight is 386 g/mol. The molecule has 1 heterocycles. The second-order valence-electron chi connectivity index (χ2n) is 6.00. The zero-order valence-corrected chi connectivity index (χ0v) is 15.7. The molecule has 3 rings (SSSR count). The van der Waals surface area contributed by atoms with Gasteiger partial charge in [0.2, 0.25) is 0 Å². The number of esters is 1. The lowest BCUT2D eigenvalue weighted by atomic mass is 10.2. The molecule has 0 atom stereocenters. The molecule has 29 heavy (non-hydrogen) atoms. The highest BCUT2D eigenvalue weighted by molar-refractivity contribution is 6.04. The van der Waals surface area contributed by atoms with E-state index < -0.39 is 5.97 Å². The van der Waals surface area contributed by atoms with Gasteiger partial charge in [0.15, 0.2) is 0 Å². The monoisotopic (exact) mass is 386 g/mol. The standard InChI is InChI=1S/C22H18N4O3/c1-2-29-22(28)16-5-9-19(10-6-16)26-21(27)17-11-12-24-20(13-17)25-18-7-3-15(14-23)4-8-18/h3-13H,2H2,1H3,(H,24,25)(H,26,27). The number of benzene rings is 2. The molecule has 0 saturated heterocycles. The lowest BCUT2D eigenvalue weighted by molar-refractivity contribution is 0.0526. The van der Waals surface area contributed by atoms with Crippen LogP contribution in [0.25, 0.3) is 0 Å². The number of nitrogens with zero attached hydrogens (tertiary/aromatic N) is 2. The molecule has 0 aliphatic rings. The van der Waals surface area contributed by atoms with Crippen LogP contribution in [0.2, 0.25) is 0 Å². The molecule has 0 saturated carbocycles. The SMILES string of the molecule is CCOC(=O)c1ccc(NC(=O)c2ccnc(Nc3ccc(C#N)cc3)c2)cc1. The van der Waals surface area contributed by atoms with Gasteiger partial charge >= 0.3 is 5.97 Å². The lowest BCUT2D eigenvalue weighted by Crippen LogP contribution is -2.12. The Morgan fingerprint density at radius 3 is 2.34 bits per heavy atom. The molecular formula is C22H18N4O3. The van der Waals surface area contributed by atoms with Crippen LogP contribution in [0.15, 0.2) is 66.9 Å². The number of ether oxygens (including phenoxy) is 1. The molecule has 2 aromatic carbocycles. The normalized spacial score (nSPS) is 9.93. The lowest BCUT2D eigenvalue weighted by Gasteiger charge is -2.09. The Morgan fingerprint density at radius 2 is 1.69 bits per heavy atom. The van der Waals surface area contributed by atoms with E-state index >= 15 is 0 Å². The molecular weight excluding hydrogens is 368 g/mol. The zero-order valence-electron chi connectivity index (χ0n) is 15.7. The molecule has 1 amide bonds. The first-order chi connectivity index (χ1) is 14.1. The third kappa shape index (κ3) is 5.17. The van der Waals surface area contributed by atoms with Gasteiger partial charge < -0.3 is 15.4 Å². The van der Waals surface area contributed by atoms with Gasteiger partial charge in [0, 0.05) is 23.1 Å². The summed E-state index contributed by atoms with van der Waals surface area (Å²) >= 11 is 0. The summed E-state index contributed by atoms with van der Waals surface area (Å²) in [6, 6.07) is 18.7. The maximum Gasteiger partial charge on any atom is 0.338 e. The molecule has 7 heteroatoms. The summed E-state index contributed by atoms with van der Waals surface area (Å²) in [4.78, 5) is 28.4. The highest BCUT2D eigenvalue weighted by atomic mass is 16.5. The molecule has 0 radical (unpaired) electrons. The van der Waals surface area contributed by atoms with E-state index in [0.717, 1.165) is 5.69 Å². The van der Waals surface area contributed by atoms with Crippen LogP contribution in [0.4, 0.5) is 17.2 Å². The number of carbonyl (C=O) groups is 2. The molecule has 0 aliphatic heterocycles. The van der Waals surface area contributed by atoms with Gasteiger partial charge in [0.05, 0.1) is 23.8 Å². The molecule has 7 nitrogen and oxygen atoms in total. The Bertz CT molecular complexity index is 1050. The fraction of sp³-hybridized carbons (Fsp3) is 0.0909. The summed E-state index contributed by atoms with van der Waals surface area (Å²) in [5.41, 5.74) is 2.71. The molecule has 0 bridgehead atoms. The minimum absolute atomic E-state index is 0.304. The molecule has 144 valence electrons. The summed E-state index contributed by atoms with van der Waals surface area (Å²) in [5.74, 6) is -0.211. The van der Waals surface area contributed by atoms with Crippen LogP contribution < -0.4 is 10.6 Å². The van der Waals surface area contributed by atoms with E-state index in [4.69, 9.17) is 10.00 Å². The molecule has 3 aromatic rings. The number of rotatable bonds is 6. The Kier molecular flexibility index (Phi) is 6.18.